The van der Waals surface area contributed by atoms with E-state index in [2.05, 4.69) is 15.4 Å². The third kappa shape index (κ3) is 2.73. The third-order valence-electron chi connectivity index (χ3n) is 2.41. The summed E-state index contributed by atoms with van der Waals surface area (Å²) >= 11 is 0. The van der Waals surface area contributed by atoms with Gasteiger partial charge in [0.05, 0.1) is 0 Å². The topological polar surface area (TPSA) is 42.7 Å². The van der Waals surface area contributed by atoms with Crippen LogP contribution in [0, 0.1) is 5.82 Å². The molecule has 0 aliphatic rings. The molecule has 2 heterocycles. The maximum absolute atomic E-state index is 14.0. The Labute approximate surface area is 106 Å². The lowest BCUT2D eigenvalue weighted by atomic mass is 10.2. The minimum atomic E-state index is -4.57. The minimum absolute atomic E-state index is 0.245. The molecule has 0 radical (unpaired) electrons. The number of halogens is 4. The van der Waals surface area contributed by atoms with Crippen LogP contribution in [-0.2, 0) is 12.7 Å². The molecule has 0 aliphatic heterocycles. The largest absolute Gasteiger partial charge is 0.435 e. The van der Waals surface area contributed by atoms with Gasteiger partial charge >= 0.3 is 6.18 Å². The lowest BCUT2D eigenvalue weighted by molar-refractivity contribution is -0.141. The van der Waals surface area contributed by atoms with Crippen LogP contribution in [0.4, 0.5) is 17.6 Å². The fraction of sp³-hybridized carbons (Fsp3) is 0.273. The normalized spacial score (nSPS) is 11.8. The molecule has 4 nitrogen and oxygen atoms in total. The molecule has 0 spiro atoms. The highest BCUT2D eigenvalue weighted by molar-refractivity contribution is 5.30. The summed E-state index contributed by atoms with van der Waals surface area (Å²) in [6, 6.07) is 2.22. The molecule has 0 aromatic carbocycles. The Balaban J connectivity index is 2.42. The smallest absolute Gasteiger partial charge is 0.316 e. The van der Waals surface area contributed by atoms with Crippen molar-refractivity contribution in [1.82, 2.24) is 20.1 Å². The van der Waals surface area contributed by atoms with E-state index in [9.17, 15) is 17.6 Å². The molecule has 0 unspecified atom stereocenters. The summed E-state index contributed by atoms with van der Waals surface area (Å²) in [6.45, 7) is 0.245. The van der Waals surface area contributed by atoms with Gasteiger partial charge in [-0.3, -0.25) is 0 Å². The molecule has 0 fully saturated rings. The zero-order chi connectivity index (χ0) is 14.0. The molecule has 102 valence electrons. The molecule has 8 heteroatoms. The lowest BCUT2D eigenvalue weighted by Gasteiger charge is -2.07. The highest BCUT2D eigenvalue weighted by atomic mass is 19.4. The van der Waals surface area contributed by atoms with Crippen molar-refractivity contribution in [3.8, 4) is 5.82 Å². The quantitative estimate of drug-likeness (QED) is 0.872. The van der Waals surface area contributed by atoms with E-state index in [-0.39, 0.29) is 12.4 Å². The summed E-state index contributed by atoms with van der Waals surface area (Å²) in [4.78, 5) is 3.72. The van der Waals surface area contributed by atoms with Crippen LogP contribution in [-0.4, -0.2) is 21.8 Å². The fourth-order valence-electron chi connectivity index (χ4n) is 1.55. The van der Waals surface area contributed by atoms with E-state index < -0.39 is 17.7 Å². The summed E-state index contributed by atoms with van der Waals surface area (Å²) in [7, 11) is 1.63. The summed E-state index contributed by atoms with van der Waals surface area (Å²) in [6.07, 6.45) is -2.22. The van der Waals surface area contributed by atoms with E-state index in [1.54, 1.807) is 7.05 Å². The first kappa shape index (κ1) is 13.5. The monoisotopic (exact) mass is 274 g/mol. The number of pyridine rings is 1. The SMILES string of the molecule is CNCc1ccnc(-n2ccc(C(F)(F)F)n2)c1F. The van der Waals surface area contributed by atoms with Crippen molar-refractivity contribution in [2.75, 3.05) is 7.05 Å². The Hall–Kier alpha value is -1.96. The van der Waals surface area contributed by atoms with Crippen LogP contribution >= 0.6 is 0 Å². The Morgan fingerprint density at radius 3 is 2.63 bits per heavy atom. The van der Waals surface area contributed by atoms with Gasteiger partial charge in [0.2, 0.25) is 0 Å². The van der Waals surface area contributed by atoms with Gasteiger partial charge < -0.3 is 5.32 Å². The summed E-state index contributed by atoms with van der Waals surface area (Å²) < 4.78 is 52.0. The molecule has 2 rings (SSSR count). The summed E-state index contributed by atoms with van der Waals surface area (Å²) in [5, 5.41) is 6.04. The van der Waals surface area contributed by atoms with Crippen LogP contribution in [0.15, 0.2) is 24.5 Å². The van der Waals surface area contributed by atoms with Gasteiger partial charge in [0.25, 0.3) is 0 Å². The van der Waals surface area contributed by atoms with Gasteiger partial charge in [-0.05, 0) is 19.2 Å². The van der Waals surface area contributed by atoms with E-state index in [4.69, 9.17) is 0 Å². The second-order valence-corrected chi connectivity index (χ2v) is 3.78. The van der Waals surface area contributed by atoms with Crippen molar-refractivity contribution in [3.05, 3.63) is 41.6 Å². The number of aromatic nitrogens is 3. The van der Waals surface area contributed by atoms with Crippen molar-refractivity contribution in [3.63, 3.8) is 0 Å². The molecule has 19 heavy (non-hydrogen) atoms. The van der Waals surface area contributed by atoms with Gasteiger partial charge in [0, 0.05) is 24.5 Å². The average Bonchev–Trinajstić information content (AvgIpc) is 2.81. The molecule has 0 amide bonds. The molecule has 0 bridgehead atoms. The zero-order valence-corrected chi connectivity index (χ0v) is 9.87. The fourth-order valence-corrected chi connectivity index (χ4v) is 1.55. The summed E-state index contributed by atoms with van der Waals surface area (Å²) in [5.41, 5.74) is -0.788. The number of nitrogens with one attached hydrogen (secondary N) is 1. The van der Waals surface area contributed by atoms with E-state index in [0.717, 1.165) is 16.9 Å². The number of rotatable bonds is 3. The second kappa shape index (κ2) is 4.96. The minimum Gasteiger partial charge on any atom is -0.316 e. The highest BCUT2D eigenvalue weighted by Crippen LogP contribution is 2.28. The van der Waals surface area contributed by atoms with Gasteiger partial charge in [-0.25, -0.2) is 14.1 Å². The first-order valence-corrected chi connectivity index (χ1v) is 5.34. The molecule has 0 saturated heterocycles. The maximum Gasteiger partial charge on any atom is 0.435 e. The highest BCUT2D eigenvalue weighted by Gasteiger charge is 2.34. The van der Waals surface area contributed by atoms with Gasteiger partial charge in [0.1, 0.15) is 0 Å². The van der Waals surface area contributed by atoms with Crippen LogP contribution < -0.4 is 5.32 Å². The third-order valence-corrected chi connectivity index (χ3v) is 2.41. The molecule has 2 aromatic heterocycles. The van der Waals surface area contributed by atoms with Gasteiger partial charge in [-0.15, -0.1) is 0 Å². The van der Waals surface area contributed by atoms with Crippen LogP contribution in [0.1, 0.15) is 11.3 Å². The van der Waals surface area contributed by atoms with E-state index in [0.29, 0.717) is 5.56 Å². The molecular formula is C11H10F4N4. The van der Waals surface area contributed by atoms with Crippen LogP contribution in [0.5, 0.6) is 0 Å². The molecule has 2 aromatic rings. The Morgan fingerprint density at radius 1 is 1.32 bits per heavy atom. The van der Waals surface area contributed by atoms with Gasteiger partial charge in [-0.1, -0.05) is 0 Å². The van der Waals surface area contributed by atoms with E-state index in [1.165, 1.54) is 12.3 Å². The van der Waals surface area contributed by atoms with Crippen molar-refractivity contribution < 1.29 is 17.6 Å². The number of nitrogens with zero attached hydrogens (tertiary/aromatic N) is 3. The standard InChI is InChI=1S/C11H10F4N4/c1-16-6-7-2-4-17-10(9(7)12)19-5-3-8(18-19)11(13,14)15/h2-5,16H,6H2,1H3. The molecular weight excluding hydrogens is 264 g/mol. The van der Waals surface area contributed by atoms with Crippen molar-refractivity contribution in [2.24, 2.45) is 0 Å². The van der Waals surface area contributed by atoms with Crippen molar-refractivity contribution in [1.29, 1.82) is 0 Å². The maximum atomic E-state index is 14.0. The summed E-state index contributed by atoms with van der Waals surface area (Å²) in [5.74, 6) is -0.961. The molecule has 1 N–H and O–H groups in total. The number of hydrogen-bond donors (Lipinski definition) is 1. The van der Waals surface area contributed by atoms with E-state index in [1.807, 2.05) is 0 Å². The molecule has 0 atom stereocenters. The van der Waals surface area contributed by atoms with Crippen LogP contribution in [0.2, 0.25) is 0 Å². The predicted molar refractivity (Wildman–Crippen MR) is 59.1 cm³/mol. The van der Waals surface area contributed by atoms with Gasteiger partial charge in [-0.2, -0.15) is 18.3 Å². The van der Waals surface area contributed by atoms with Gasteiger partial charge in [0.15, 0.2) is 17.3 Å². The molecule has 0 aliphatic carbocycles. The lowest BCUT2D eigenvalue weighted by Crippen LogP contribution is -2.12. The Morgan fingerprint density at radius 2 is 2.05 bits per heavy atom. The van der Waals surface area contributed by atoms with E-state index >= 15 is 0 Å². The Bertz CT molecular complexity index is 576. The van der Waals surface area contributed by atoms with Crippen molar-refractivity contribution in [2.45, 2.75) is 12.7 Å². The zero-order valence-electron chi connectivity index (χ0n) is 9.87. The number of hydrogen-bond acceptors (Lipinski definition) is 3. The first-order chi connectivity index (χ1) is 8.93. The first-order valence-electron chi connectivity index (χ1n) is 5.34. The van der Waals surface area contributed by atoms with Crippen molar-refractivity contribution >= 4 is 0 Å². The Kier molecular flexibility index (Phi) is 3.52. The number of alkyl halides is 3. The predicted octanol–water partition coefficient (Wildman–Crippen LogP) is 2.14. The second-order valence-electron chi connectivity index (χ2n) is 3.78. The molecule has 0 saturated carbocycles. The van der Waals surface area contributed by atoms with Crippen LogP contribution in [0.3, 0.4) is 0 Å². The average molecular weight is 274 g/mol. The van der Waals surface area contributed by atoms with Crippen LogP contribution in [0.25, 0.3) is 5.82 Å².